The van der Waals surface area contributed by atoms with Gasteiger partial charge >= 0.3 is 0 Å². The average Bonchev–Trinajstić information content (AvgIpc) is 3.17. The van der Waals surface area contributed by atoms with Crippen molar-refractivity contribution >= 4 is 67.7 Å². The van der Waals surface area contributed by atoms with Gasteiger partial charge in [-0.15, -0.1) is 0 Å². The van der Waals surface area contributed by atoms with E-state index in [-0.39, 0.29) is 0 Å². The fourth-order valence-electron chi connectivity index (χ4n) is 6.82. The number of hydrogen-bond acceptors (Lipinski definition) is 2. The summed E-state index contributed by atoms with van der Waals surface area (Å²) in [6.45, 7) is 0. The molecule has 8 aromatic carbocycles. The molecule has 0 aliphatic rings. The Morgan fingerprint density at radius 2 is 0.583 bits per heavy atom. The van der Waals surface area contributed by atoms with Crippen molar-refractivity contribution in [2.24, 2.45) is 0 Å². The first kappa shape index (κ1) is 30.1. The van der Waals surface area contributed by atoms with Gasteiger partial charge in [0.2, 0.25) is 0 Å². The van der Waals surface area contributed by atoms with Crippen LogP contribution in [0, 0.1) is 0 Å². The van der Waals surface area contributed by atoms with Crippen LogP contribution >= 0.6 is 14.3 Å². The first-order chi connectivity index (χ1) is 23.6. The van der Waals surface area contributed by atoms with Crippen LogP contribution in [-0.2, 0) is 9.13 Å². The predicted octanol–water partition coefficient (Wildman–Crippen LogP) is 8.94. The minimum atomic E-state index is -3.19. The molecule has 48 heavy (non-hydrogen) atoms. The lowest BCUT2D eigenvalue weighted by molar-refractivity contribution is 0.592. The van der Waals surface area contributed by atoms with Crippen LogP contribution in [0.25, 0.3) is 32.7 Å². The van der Waals surface area contributed by atoms with Crippen LogP contribution in [0.15, 0.2) is 194 Å². The summed E-state index contributed by atoms with van der Waals surface area (Å²) < 4.78 is 30.7. The summed E-state index contributed by atoms with van der Waals surface area (Å²) in [7, 11) is -6.38. The van der Waals surface area contributed by atoms with E-state index >= 15 is 9.13 Å². The molecule has 0 spiro atoms. The van der Waals surface area contributed by atoms with Crippen LogP contribution in [0.5, 0.6) is 0 Å². The van der Waals surface area contributed by atoms with Gasteiger partial charge in [-0.2, -0.15) is 0 Å². The van der Waals surface area contributed by atoms with Crippen LogP contribution < -0.4 is 31.8 Å². The topological polar surface area (TPSA) is 34.1 Å². The van der Waals surface area contributed by atoms with Crippen molar-refractivity contribution in [3.05, 3.63) is 194 Å². The van der Waals surface area contributed by atoms with Crippen LogP contribution in [-0.4, -0.2) is 0 Å². The van der Waals surface area contributed by atoms with E-state index in [1.54, 1.807) is 0 Å². The molecule has 0 saturated heterocycles. The summed E-state index contributed by atoms with van der Waals surface area (Å²) in [6, 6.07) is 64.2. The average molecular weight is 655 g/mol. The summed E-state index contributed by atoms with van der Waals surface area (Å²) in [4.78, 5) is 0. The lowest BCUT2D eigenvalue weighted by Crippen LogP contribution is -2.25. The molecule has 0 aromatic heterocycles. The van der Waals surface area contributed by atoms with Gasteiger partial charge in [0.15, 0.2) is 14.3 Å². The maximum atomic E-state index is 15.4. The van der Waals surface area contributed by atoms with Gasteiger partial charge in [-0.1, -0.05) is 194 Å². The first-order valence-electron chi connectivity index (χ1n) is 16.1. The normalized spacial score (nSPS) is 13.9. The molecular formula is C44H32O2P2. The molecule has 2 atom stereocenters. The summed E-state index contributed by atoms with van der Waals surface area (Å²) in [5, 5.41) is 9.01. The van der Waals surface area contributed by atoms with E-state index in [2.05, 4.69) is 36.4 Å². The summed E-state index contributed by atoms with van der Waals surface area (Å²) in [5.74, 6) is 0. The zero-order chi connectivity index (χ0) is 32.6. The Bertz CT molecular complexity index is 2300. The molecule has 8 rings (SSSR count). The predicted molar refractivity (Wildman–Crippen MR) is 206 cm³/mol. The van der Waals surface area contributed by atoms with Crippen LogP contribution in [0.3, 0.4) is 0 Å². The standard InChI is InChI=1S/C44H32O2P2/c45-47(37-17-3-1-4-18-37,43-23-11-15-35-13-7-9-21-41(35)43)39-29-25-33(26-30-39)34-27-31-40(32-28-34)48(46,38-19-5-2-6-20-38)44-24-12-16-36-14-8-10-22-42(36)44/h1-32H. The first-order valence-corrected chi connectivity index (χ1v) is 19.5. The Morgan fingerprint density at radius 3 is 0.979 bits per heavy atom. The quantitative estimate of drug-likeness (QED) is 0.161. The minimum absolute atomic E-state index is 0.787. The summed E-state index contributed by atoms with van der Waals surface area (Å²) in [6.07, 6.45) is 0. The maximum Gasteiger partial charge on any atom is 0.171 e. The molecule has 0 saturated carbocycles. The highest BCUT2D eigenvalue weighted by atomic mass is 31.2. The molecule has 0 bridgehead atoms. The fourth-order valence-corrected chi connectivity index (χ4v) is 12.5. The molecular weight excluding hydrogens is 622 g/mol. The molecule has 0 heterocycles. The Kier molecular flexibility index (Phi) is 7.78. The van der Waals surface area contributed by atoms with Crippen LogP contribution in [0.4, 0.5) is 0 Å². The van der Waals surface area contributed by atoms with Gasteiger partial charge in [0.25, 0.3) is 0 Å². The number of hydrogen-bond donors (Lipinski definition) is 0. The lowest BCUT2D eigenvalue weighted by atomic mass is 10.1. The van der Waals surface area contributed by atoms with Crippen molar-refractivity contribution in [3.8, 4) is 11.1 Å². The van der Waals surface area contributed by atoms with E-state index in [1.807, 2.05) is 158 Å². The SMILES string of the molecule is O=P(c1ccccc1)(c1ccc(-c2ccc(P(=O)(c3ccccc3)c3cccc4ccccc34)cc2)cc1)c1cccc2ccccc12. The molecule has 8 aromatic rings. The smallest absolute Gasteiger partial charge is 0.171 e. The van der Waals surface area contributed by atoms with Crippen molar-refractivity contribution in [3.63, 3.8) is 0 Å². The molecule has 0 aliphatic heterocycles. The third-order valence-electron chi connectivity index (χ3n) is 9.25. The van der Waals surface area contributed by atoms with Gasteiger partial charge in [0, 0.05) is 31.8 Å². The monoisotopic (exact) mass is 654 g/mol. The highest BCUT2D eigenvalue weighted by molar-refractivity contribution is 7.86. The number of rotatable bonds is 7. The second-order valence-electron chi connectivity index (χ2n) is 12.0. The van der Waals surface area contributed by atoms with Gasteiger partial charge in [-0.05, 0) is 32.7 Å². The molecule has 0 amide bonds. The van der Waals surface area contributed by atoms with E-state index in [0.717, 1.165) is 64.5 Å². The molecule has 0 aliphatic carbocycles. The highest BCUT2D eigenvalue weighted by Gasteiger charge is 2.32. The summed E-state index contributed by atoms with van der Waals surface area (Å²) >= 11 is 0. The van der Waals surface area contributed by atoms with Gasteiger partial charge in [-0.25, -0.2) is 0 Å². The fraction of sp³-hybridized carbons (Fsp3) is 0. The van der Waals surface area contributed by atoms with E-state index < -0.39 is 14.3 Å². The zero-order valence-corrected chi connectivity index (χ0v) is 28.0. The lowest BCUT2D eigenvalue weighted by Gasteiger charge is -2.22. The third kappa shape index (κ3) is 5.06. The molecule has 4 heteroatoms. The van der Waals surface area contributed by atoms with Crippen LogP contribution in [0.2, 0.25) is 0 Å². The van der Waals surface area contributed by atoms with E-state index in [0.29, 0.717) is 0 Å². The van der Waals surface area contributed by atoms with Crippen molar-refractivity contribution in [2.75, 3.05) is 0 Å². The Balaban J connectivity index is 1.21. The van der Waals surface area contributed by atoms with Crippen molar-refractivity contribution < 1.29 is 9.13 Å². The Hall–Kier alpha value is -5.26. The van der Waals surface area contributed by atoms with Gasteiger partial charge in [0.1, 0.15) is 0 Å². The maximum absolute atomic E-state index is 15.4. The Labute approximate surface area is 281 Å². The van der Waals surface area contributed by atoms with E-state index in [1.165, 1.54) is 0 Å². The second kappa shape index (κ2) is 12.4. The van der Waals surface area contributed by atoms with Gasteiger partial charge in [0.05, 0.1) is 0 Å². The minimum Gasteiger partial charge on any atom is -0.309 e. The second-order valence-corrected chi connectivity index (χ2v) is 17.4. The largest absolute Gasteiger partial charge is 0.309 e. The number of benzene rings is 8. The van der Waals surface area contributed by atoms with E-state index in [9.17, 15) is 0 Å². The molecule has 0 fully saturated rings. The number of fused-ring (bicyclic) bond motifs is 2. The van der Waals surface area contributed by atoms with Gasteiger partial charge < -0.3 is 9.13 Å². The molecule has 2 unspecified atom stereocenters. The Morgan fingerprint density at radius 1 is 0.271 bits per heavy atom. The van der Waals surface area contributed by atoms with Crippen molar-refractivity contribution in [1.82, 2.24) is 0 Å². The van der Waals surface area contributed by atoms with Crippen LogP contribution in [0.1, 0.15) is 0 Å². The molecule has 230 valence electrons. The molecule has 2 nitrogen and oxygen atoms in total. The molecule has 0 N–H and O–H groups in total. The van der Waals surface area contributed by atoms with Gasteiger partial charge in [-0.3, -0.25) is 0 Å². The third-order valence-corrected chi connectivity index (χ3v) is 15.5. The zero-order valence-electron chi connectivity index (χ0n) is 26.2. The van der Waals surface area contributed by atoms with Crippen molar-refractivity contribution in [2.45, 2.75) is 0 Å². The summed E-state index contributed by atoms with van der Waals surface area (Å²) in [5.41, 5.74) is 2.00. The van der Waals surface area contributed by atoms with E-state index in [4.69, 9.17) is 0 Å². The highest BCUT2D eigenvalue weighted by Crippen LogP contribution is 2.46. The molecule has 0 radical (unpaired) electrons. The van der Waals surface area contributed by atoms with Crippen molar-refractivity contribution in [1.29, 1.82) is 0 Å².